The molecular weight excluding hydrogens is 160 g/mol. The normalized spacial score (nSPS) is 18.2. The molecule has 0 heterocycles. The van der Waals surface area contributed by atoms with Crippen LogP contribution in [0, 0.1) is 11.8 Å². The third kappa shape index (κ3) is 6.05. The van der Waals surface area contributed by atoms with Crippen molar-refractivity contribution in [3.8, 4) is 0 Å². The molecule has 80 valence electrons. The summed E-state index contributed by atoms with van der Waals surface area (Å²) in [5.74, 6) is 1.40. The first-order valence-electron chi connectivity index (χ1n) is 5.58. The van der Waals surface area contributed by atoms with Crippen LogP contribution in [0.4, 0.5) is 0 Å². The topological polar surface area (TPSA) is 38.0 Å². The van der Waals surface area contributed by atoms with Gasteiger partial charge in [-0.2, -0.15) is 0 Å². The molecule has 0 aromatic heterocycles. The molecular formula is C11H26N2. The number of hydrogen-bond donors (Lipinski definition) is 2. The van der Waals surface area contributed by atoms with Crippen molar-refractivity contribution in [1.29, 1.82) is 0 Å². The Morgan fingerprint density at radius 1 is 1.08 bits per heavy atom. The fraction of sp³-hybridized carbons (Fsp3) is 1.00. The van der Waals surface area contributed by atoms with E-state index in [2.05, 4.69) is 33.0 Å². The minimum Gasteiger partial charge on any atom is -0.326 e. The Balaban J connectivity index is 3.41. The molecule has 2 nitrogen and oxygen atoms in total. The van der Waals surface area contributed by atoms with Crippen molar-refractivity contribution in [2.24, 2.45) is 17.6 Å². The van der Waals surface area contributed by atoms with Gasteiger partial charge in [0.2, 0.25) is 0 Å². The molecule has 0 aromatic rings. The molecule has 0 aliphatic rings. The third-order valence-corrected chi connectivity index (χ3v) is 2.94. The van der Waals surface area contributed by atoms with Crippen LogP contribution >= 0.6 is 0 Å². The second-order valence-corrected chi connectivity index (χ2v) is 4.22. The Kier molecular flexibility index (Phi) is 7.29. The highest BCUT2D eigenvalue weighted by molar-refractivity contribution is 4.70. The van der Waals surface area contributed by atoms with Gasteiger partial charge in [0.05, 0.1) is 0 Å². The summed E-state index contributed by atoms with van der Waals surface area (Å²) in [4.78, 5) is 0. The van der Waals surface area contributed by atoms with Crippen molar-refractivity contribution in [2.75, 3.05) is 13.1 Å². The maximum absolute atomic E-state index is 5.99. The van der Waals surface area contributed by atoms with Crippen LogP contribution in [0.5, 0.6) is 0 Å². The molecule has 0 spiro atoms. The smallest absolute Gasteiger partial charge is 0.0191 e. The van der Waals surface area contributed by atoms with Crippen molar-refractivity contribution in [3.05, 3.63) is 0 Å². The van der Waals surface area contributed by atoms with Crippen LogP contribution in [0.1, 0.15) is 40.5 Å². The molecule has 3 atom stereocenters. The lowest BCUT2D eigenvalue weighted by atomic mass is 10.00. The number of nitrogens with two attached hydrogens (primary N) is 1. The van der Waals surface area contributed by atoms with Gasteiger partial charge in [-0.3, -0.25) is 0 Å². The van der Waals surface area contributed by atoms with E-state index in [1.54, 1.807) is 0 Å². The largest absolute Gasteiger partial charge is 0.326 e. The van der Waals surface area contributed by atoms with Gasteiger partial charge in [0.15, 0.2) is 0 Å². The van der Waals surface area contributed by atoms with Gasteiger partial charge in [0, 0.05) is 12.6 Å². The minimum atomic E-state index is 0.314. The van der Waals surface area contributed by atoms with Crippen LogP contribution in [-0.2, 0) is 0 Å². The fourth-order valence-corrected chi connectivity index (χ4v) is 1.14. The zero-order chi connectivity index (χ0) is 10.3. The SMILES string of the molecule is CCC(C)CNCC(N)C(C)CC. The van der Waals surface area contributed by atoms with Crippen LogP contribution in [-0.4, -0.2) is 19.1 Å². The molecule has 0 fully saturated rings. The Morgan fingerprint density at radius 3 is 2.15 bits per heavy atom. The van der Waals surface area contributed by atoms with E-state index in [0.717, 1.165) is 19.0 Å². The van der Waals surface area contributed by atoms with E-state index in [-0.39, 0.29) is 0 Å². The Labute approximate surface area is 83.3 Å². The van der Waals surface area contributed by atoms with E-state index in [4.69, 9.17) is 5.73 Å². The minimum absolute atomic E-state index is 0.314. The van der Waals surface area contributed by atoms with Gasteiger partial charge in [-0.05, 0) is 18.4 Å². The average Bonchev–Trinajstić information content (AvgIpc) is 2.15. The van der Waals surface area contributed by atoms with Gasteiger partial charge in [0.25, 0.3) is 0 Å². The predicted molar refractivity (Wildman–Crippen MR) is 59.8 cm³/mol. The first kappa shape index (κ1) is 12.9. The van der Waals surface area contributed by atoms with Crippen LogP contribution in [0.25, 0.3) is 0 Å². The molecule has 0 aromatic carbocycles. The molecule has 0 radical (unpaired) electrons. The van der Waals surface area contributed by atoms with Crippen LogP contribution in [0.2, 0.25) is 0 Å². The van der Waals surface area contributed by atoms with E-state index < -0.39 is 0 Å². The first-order valence-corrected chi connectivity index (χ1v) is 5.58. The summed E-state index contributed by atoms with van der Waals surface area (Å²) in [6, 6.07) is 0.314. The van der Waals surface area contributed by atoms with E-state index in [1.807, 2.05) is 0 Å². The zero-order valence-electron chi connectivity index (χ0n) is 9.64. The number of hydrogen-bond acceptors (Lipinski definition) is 2. The Morgan fingerprint density at radius 2 is 1.69 bits per heavy atom. The first-order chi connectivity index (χ1) is 6.11. The molecule has 2 heteroatoms. The average molecular weight is 186 g/mol. The maximum atomic E-state index is 5.99. The molecule has 0 aliphatic heterocycles. The summed E-state index contributed by atoms with van der Waals surface area (Å²) >= 11 is 0. The summed E-state index contributed by atoms with van der Waals surface area (Å²) in [6.45, 7) is 11.0. The molecule has 0 amide bonds. The van der Waals surface area contributed by atoms with Gasteiger partial charge >= 0.3 is 0 Å². The maximum Gasteiger partial charge on any atom is 0.0191 e. The highest BCUT2D eigenvalue weighted by Gasteiger charge is 2.09. The van der Waals surface area contributed by atoms with E-state index in [9.17, 15) is 0 Å². The van der Waals surface area contributed by atoms with Crippen molar-refractivity contribution in [1.82, 2.24) is 5.32 Å². The Bertz CT molecular complexity index is 115. The van der Waals surface area contributed by atoms with Crippen LogP contribution in [0.3, 0.4) is 0 Å². The molecule has 0 aliphatic carbocycles. The third-order valence-electron chi connectivity index (χ3n) is 2.94. The molecule has 0 bridgehead atoms. The van der Waals surface area contributed by atoms with Crippen molar-refractivity contribution >= 4 is 0 Å². The fourth-order valence-electron chi connectivity index (χ4n) is 1.14. The van der Waals surface area contributed by atoms with Crippen LogP contribution < -0.4 is 11.1 Å². The highest BCUT2D eigenvalue weighted by Crippen LogP contribution is 2.04. The summed E-state index contributed by atoms with van der Waals surface area (Å²) < 4.78 is 0. The van der Waals surface area contributed by atoms with Gasteiger partial charge in [-0.25, -0.2) is 0 Å². The van der Waals surface area contributed by atoms with Crippen molar-refractivity contribution < 1.29 is 0 Å². The molecule has 0 saturated heterocycles. The predicted octanol–water partition coefficient (Wildman–Crippen LogP) is 2.00. The molecule has 0 rings (SSSR count). The second kappa shape index (κ2) is 7.34. The lowest BCUT2D eigenvalue weighted by Gasteiger charge is -2.19. The summed E-state index contributed by atoms with van der Waals surface area (Å²) in [7, 11) is 0. The van der Waals surface area contributed by atoms with Gasteiger partial charge in [0.1, 0.15) is 0 Å². The van der Waals surface area contributed by atoms with Crippen LogP contribution in [0.15, 0.2) is 0 Å². The standard InChI is InChI=1S/C11H26N2/c1-5-9(3)7-13-8-11(12)10(4)6-2/h9-11,13H,5-8,12H2,1-4H3. The summed E-state index contributed by atoms with van der Waals surface area (Å²) in [6.07, 6.45) is 2.41. The monoisotopic (exact) mass is 186 g/mol. The lowest BCUT2D eigenvalue weighted by Crippen LogP contribution is -2.39. The number of nitrogens with one attached hydrogen (secondary N) is 1. The van der Waals surface area contributed by atoms with Crippen molar-refractivity contribution in [2.45, 2.75) is 46.6 Å². The van der Waals surface area contributed by atoms with Gasteiger partial charge in [-0.1, -0.05) is 40.5 Å². The number of rotatable bonds is 7. The molecule has 13 heavy (non-hydrogen) atoms. The highest BCUT2D eigenvalue weighted by atomic mass is 14.9. The Hall–Kier alpha value is -0.0800. The van der Waals surface area contributed by atoms with E-state index >= 15 is 0 Å². The van der Waals surface area contributed by atoms with Gasteiger partial charge in [-0.15, -0.1) is 0 Å². The summed E-state index contributed by atoms with van der Waals surface area (Å²) in [5.41, 5.74) is 5.99. The molecule has 3 unspecified atom stereocenters. The zero-order valence-corrected chi connectivity index (χ0v) is 9.64. The van der Waals surface area contributed by atoms with Crippen molar-refractivity contribution in [3.63, 3.8) is 0 Å². The van der Waals surface area contributed by atoms with E-state index in [1.165, 1.54) is 12.8 Å². The summed E-state index contributed by atoms with van der Waals surface area (Å²) in [5, 5.41) is 3.43. The lowest BCUT2D eigenvalue weighted by molar-refractivity contribution is 0.400. The second-order valence-electron chi connectivity index (χ2n) is 4.22. The quantitative estimate of drug-likeness (QED) is 0.638. The van der Waals surface area contributed by atoms with Gasteiger partial charge < -0.3 is 11.1 Å². The molecule has 0 saturated carbocycles. The van der Waals surface area contributed by atoms with E-state index in [0.29, 0.717) is 12.0 Å². The molecule has 3 N–H and O–H groups in total.